The van der Waals surface area contributed by atoms with Crippen molar-refractivity contribution in [2.75, 3.05) is 0 Å². The average molecular weight is 213 g/mol. The maximum atomic E-state index is 11.4. The molecule has 0 aromatic rings. The van der Waals surface area contributed by atoms with Gasteiger partial charge in [0.1, 0.15) is 0 Å². The van der Waals surface area contributed by atoms with E-state index in [2.05, 4.69) is 5.32 Å². The zero-order valence-corrected chi connectivity index (χ0v) is 9.32. The number of carboxylic acid groups (broad SMARTS) is 1. The SMILES string of the molecule is CC(C)C(=O)NC1CCC(CC(=O)O)C1. The van der Waals surface area contributed by atoms with E-state index in [1.54, 1.807) is 0 Å². The van der Waals surface area contributed by atoms with Gasteiger partial charge in [0.15, 0.2) is 0 Å². The predicted molar refractivity (Wildman–Crippen MR) is 56.4 cm³/mol. The molecular formula is C11H19NO3. The van der Waals surface area contributed by atoms with Crippen molar-refractivity contribution in [3.63, 3.8) is 0 Å². The van der Waals surface area contributed by atoms with Gasteiger partial charge in [-0.3, -0.25) is 9.59 Å². The van der Waals surface area contributed by atoms with E-state index in [1.165, 1.54) is 0 Å². The number of hydrogen-bond donors (Lipinski definition) is 2. The third-order valence-corrected chi connectivity index (χ3v) is 2.88. The Morgan fingerprint density at radius 2 is 2.07 bits per heavy atom. The molecule has 1 aliphatic rings. The number of aliphatic carboxylic acids is 1. The summed E-state index contributed by atoms with van der Waals surface area (Å²) in [6.45, 7) is 3.72. The molecule has 4 nitrogen and oxygen atoms in total. The highest BCUT2D eigenvalue weighted by molar-refractivity contribution is 5.78. The van der Waals surface area contributed by atoms with Crippen LogP contribution in [0.3, 0.4) is 0 Å². The normalized spacial score (nSPS) is 25.5. The molecule has 0 aliphatic heterocycles. The standard InChI is InChI=1S/C11H19NO3/c1-7(2)11(15)12-9-4-3-8(5-9)6-10(13)14/h7-9H,3-6H2,1-2H3,(H,12,15)(H,13,14). The van der Waals surface area contributed by atoms with E-state index >= 15 is 0 Å². The van der Waals surface area contributed by atoms with Crippen LogP contribution >= 0.6 is 0 Å². The highest BCUT2D eigenvalue weighted by Gasteiger charge is 2.27. The number of carboxylic acids is 1. The number of nitrogens with one attached hydrogen (secondary N) is 1. The largest absolute Gasteiger partial charge is 0.481 e. The molecule has 0 heterocycles. The lowest BCUT2D eigenvalue weighted by Crippen LogP contribution is -2.35. The van der Waals surface area contributed by atoms with Crippen LogP contribution in [0.15, 0.2) is 0 Å². The van der Waals surface area contributed by atoms with Crippen LogP contribution in [-0.4, -0.2) is 23.0 Å². The molecule has 2 atom stereocenters. The summed E-state index contributed by atoms with van der Waals surface area (Å²) in [5, 5.41) is 11.6. The summed E-state index contributed by atoms with van der Waals surface area (Å²) in [6, 6.07) is 0.184. The Morgan fingerprint density at radius 1 is 1.40 bits per heavy atom. The third-order valence-electron chi connectivity index (χ3n) is 2.88. The minimum absolute atomic E-state index is 0.00326. The molecule has 2 unspecified atom stereocenters. The average Bonchev–Trinajstić information content (AvgIpc) is 2.51. The van der Waals surface area contributed by atoms with Gasteiger partial charge in [0.05, 0.1) is 0 Å². The second-order valence-corrected chi connectivity index (χ2v) is 4.64. The van der Waals surface area contributed by atoms with Gasteiger partial charge in [-0.25, -0.2) is 0 Å². The maximum Gasteiger partial charge on any atom is 0.303 e. The lowest BCUT2D eigenvalue weighted by Gasteiger charge is -2.14. The molecule has 1 saturated carbocycles. The van der Waals surface area contributed by atoms with Crippen LogP contribution in [0.4, 0.5) is 0 Å². The third kappa shape index (κ3) is 3.90. The van der Waals surface area contributed by atoms with Crippen LogP contribution in [-0.2, 0) is 9.59 Å². The smallest absolute Gasteiger partial charge is 0.303 e. The highest BCUT2D eigenvalue weighted by atomic mass is 16.4. The van der Waals surface area contributed by atoms with E-state index in [1.807, 2.05) is 13.8 Å². The zero-order valence-electron chi connectivity index (χ0n) is 9.32. The first-order valence-electron chi connectivity index (χ1n) is 5.51. The maximum absolute atomic E-state index is 11.4. The van der Waals surface area contributed by atoms with Crippen molar-refractivity contribution in [1.82, 2.24) is 5.32 Å². The minimum atomic E-state index is -0.740. The Hall–Kier alpha value is -1.06. The van der Waals surface area contributed by atoms with E-state index in [0.717, 1.165) is 19.3 Å². The second-order valence-electron chi connectivity index (χ2n) is 4.64. The van der Waals surface area contributed by atoms with Gasteiger partial charge < -0.3 is 10.4 Å². The fourth-order valence-corrected chi connectivity index (χ4v) is 2.01. The molecule has 0 saturated heterocycles. The van der Waals surface area contributed by atoms with Gasteiger partial charge in [-0.05, 0) is 25.2 Å². The summed E-state index contributed by atoms with van der Waals surface area (Å²) in [4.78, 5) is 21.9. The van der Waals surface area contributed by atoms with Crippen molar-refractivity contribution in [2.24, 2.45) is 11.8 Å². The van der Waals surface area contributed by atoms with Gasteiger partial charge in [-0.15, -0.1) is 0 Å². The summed E-state index contributed by atoms with van der Waals surface area (Å²) in [6.07, 6.45) is 2.87. The molecule has 0 spiro atoms. The van der Waals surface area contributed by atoms with Crippen molar-refractivity contribution in [1.29, 1.82) is 0 Å². The summed E-state index contributed by atoms with van der Waals surface area (Å²) in [7, 11) is 0. The van der Waals surface area contributed by atoms with Gasteiger partial charge in [-0.1, -0.05) is 13.8 Å². The van der Waals surface area contributed by atoms with Gasteiger partial charge >= 0.3 is 5.97 Å². The lowest BCUT2D eigenvalue weighted by molar-refractivity contribution is -0.138. The van der Waals surface area contributed by atoms with E-state index < -0.39 is 5.97 Å². The van der Waals surface area contributed by atoms with E-state index in [-0.39, 0.29) is 30.2 Å². The molecule has 0 aromatic carbocycles. The monoisotopic (exact) mass is 213 g/mol. The molecule has 0 bridgehead atoms. The number of carbonyl (C=O) groups is 2. The van der Waals surface area contributed by atoms with Crippen LogP contribution in [0, 0.1) is 11.8 Å². The Labute approximate surface area is 90.0 Å². The van der Waals surface area contributed by atoms with Gasteiger partial charge in [0, 0.05) is 18.4 Å². The fourth-order valence-electron chi connectivity index (χ4n) is 2.01. The molecule has 15 heavy (non-hydrogen) atoms. The molecule has 1 rings (SSSR count). The summed E-state index contributed by atoms with van der Waals surface area (Å²) in [5.74, 6) is -0.435. The topological polar surface area (TPSA) is 66.4 Å². The summed E-state index contributed by atoms with van der Waals surface area (Å²) >= 11 is 0. The first-order valence-corrected chi connectivity index (χ1v) is 5.51. The first kappa shape index (κ1) is 12.0. The van der Waals surface area contributed by atoms with Gasteiger partial charge in [0.25, 0.3) is 0 Å². The lowest BCUT2D eigenvalue weighted by atomic mass is 10.0. The van der Waals surface area contributed by atoms with E-state index in [9.17, 15) is 9.59 Å². The van der Waals surface area contributed by atoms with Crippen molar-refractivity contribution < 1.29 is 14.7 Å². The van der Waals surface area contributed by atoms with Crippen LogP contribution in [0.5, 0.6) is 0 Å². The van der Waals surface area contributed by atoms with Crippen LogP contribution in [0.25, 0.3) is 0 Å². The van der Waals surface area contributed by atoms with Crippen molar-refractivity contribution in [3.8, 4) is 0 Å². The van der Waals surface area contributed by atoms with Gasteiger partial charge in [0.2, 0.25) is 5.91 Å². The zero-order chi connectivity index (χ0) is 11.4. The molecule has 1 fully saturated rings. The molecule has 0 aromatic heterocycles. The Balaban J connectivity index is 2.30. The number of carbonyl (C=O) groups excluding carboxylic acids is 1. The van der Waals surface area contributed by atoms with Crippen LogP contribution in [0.1, 0.15) is 39.5 Å². The van der Waals surface area contributed by atoms with E-state index in [0.29, 0.717) is 0 Å². The first-order chi connectivity index (χ1) is 6.99. The molecular weight excluding hydrogens is 194 g/mol. The molecule has 0 radical (unpaired) electrons. The Morgan fingerprint density at radius 3 is 2.60 bits per heavy atom. The van der Waals surface area contributed by atoms with Gasteiger partial charge in [-0.2, -0.15) is 0 Å². The van der Waals surface area contributed by atoms with Crippen LogP contribution < -0.4 is 5.32 Å². The predicted octanol–water partition coefficient (Wildman–Crippen LogP) is 1.40. The van der Waals surface area contributed by atoms with Crippen LogP contribution in [0.2, 0.25) is 0 Å². The second kappa shape index (κ2) is 5.14. The van der Waals surface area contributed by atoms with E-state index in [4.69, 9.17) is 5.11 Å². The highest BCUT2D eigenvalue weighted by Crippen LogP contribution is 2.28. The fraction of sp³-hybridized carbons (Fsp3) is 0.818. The molecule has 86 valence electrons. The number of hydrogen-bond acceptors (Lipinski definition) is 2. The minimum Gasteiger partial charge on any atom is -0.481 e. The summed E-state index contributed by atoms with van der Waals surface area (Å²) < 4.78 is 0. The van der Waals surface area contributed by atoms with Crippen molar-refractivity contribution in [2.45, 2.75) is 45.6 Å². The number of rotatable bonds is 4. The molecule has 1 aliphatic carbocycles. The molecule has 2 N–H and O–H groups in total. The summed E-state index contributed by atoms with van der Waals surface area (Å²) in [5.41, 5.74) is 0. The molecule has 4 heteroatoms. The number of amides is 1. The van der Waals surface area contributed by atoms with Crippen molar-refractivity contribution in [3.05, 3.63) is 0 Å². The Bertz CT molecular complexity index is 250. The molecule has 1 amide bonds. The quantitative estimate of drug-likeness (QED) is 0.741. The Kier molecular flexibility index (Phi) is 4.12. The van der Waals surface area contributed by atoms with Crippen molar-refractivity contribution >= 4 is 11.9 Å².